The second-order valence-electron chi connectivity index (χ2n) is 7.88. The van der Waals surface area contributed by atoms with Crippen molar-refractivity contribution in [3.8, 4) is 0 Å². The molecule has 1 fully saturated rings. The van der Waals surface area contributed by atoms with E-state index < -0.39 is 17.8 Å². The predicted octanol–water partition coefficient (Wildman–Crippen LogP) is 3.51. The van der Waals surface area contributed by atoms with Gasteiger partial charge in [0, 0.05) is 5.75 Å². The summed E-state index contributed by atoms with van der Waals surface area (Å²) in [6.45, 7) is 7.56. The average Bonchev–Trinajstić information content (AvgIpc) is 2.53. The monoisotopic (exact) mass is 389 g/mol. The van der Waals surface area contributed by atoms with E-state index in [4.69, 9.17) is 9.47 Å². The first-order chi connectivity index (χ1) is 12.2. The third-order valence-electron chi connectivity index (χ3n) is 4.29. The molecule has 0 saturated heterocycles. The van der Waals surface area contributed by atoms with Gasteiger partial charge in [0.1, 0.15) is 5.60 Å². The van der Waals surface area contributed by atoms with Crippen LogP contribution in [0.15, 0.2) is 0 Å². The zero-order chi connectivity index (χ0) is 19.6. The third kappa shape index (κ3) is 10.3. The lowest BCUT2D eigenvalue weighted by Gasteiger charge is -2.31. The van der Waals surface area contributed by atoms with Crippen molar-refractivity contribution in [3.63, 3.8) is 0 Å². The van der Waals surface area contributed by atoms with Gasteiger partial charge in [-0.05, 0) is 40.0 Å². The van der Waals surface area contributed by atoms with E-state index in [2.05, 4.69) is 5.32 Å². The summed E-state index contributed by atoms with van der Waals surface area (Å²) in [6.07, 6.45) is 5.44. The molecular weight excluding hydrogens is 354 g/mol. The highest BCUT2D eigenvalue weighted by molar-refractivity contribution is 7.99. The number of aliphatic hydroxyl groups excluding tert-OH is 1. The molecule has 0 aromatic carbocycles. The molecule has 2 atom stereocenters. The van der Waals surface area contributed by atoms with Gasteiger partial charge in [0.2, 0.25) is 0 Å². The summed E-state index contributed by atoms with van der Waals surface area (Å²) >= 11 is 1.32. The predicted molar refractivity (Wildman–Crippen MR) is 104 cm³/mol. The van der Waals surface area contributed by atoms with Gasteiger partial charge in [-0.2, -0.15) is 0 Å². The number of alkyl carbamates (subject to hydrolysis) is 1. The Bertz CT molecular complexity index is 432. The van der Waals surface area contributed by atoms with Gasteiger partial charge in [0.25, 0.3) is 0 Å². The van der Waals surface area contributed by atoms with Gasteiger partial charge in [-0.3, -0.25) is 4.79 Å². The van der Waals surface area contributed by atoms with Crippen molar-refractivity contribution in [2.45, 2.75) is 84.0 Å². The lowest BCUT2D eigenvalue weighted by atomic mass is 9.84. The van der Waals surface area contributed by atoms with Crippen molar-refractivity contribution < 1.29 is 24.2 Å². The number of amides is 1. The van der Waals surface area contributed by atoms with Gasteiger partial charge in [-0.1, -0.05) is 32.1 Å². The standard InChI is InChI=1S/C19H35NO5S/c1-5-24-17(22)13-26-12-16(21)15(11-14-9-7-6-8-10-14)20-18(23)25-19(2,3)4/h14-16,21H,5-13H2,1-4H3,(H,20,23)/t15-,16-/m0/s1. The van der Waals surface area contributed by atoms with Crippen LogP contribution < -0.4 is 5.32 Å². The summed E-state index contributed by atoms with van der Waals surface area (Å²) in [5.74, 6) is 0.793. The molecule has 0 heterocycles. The van der Waals surface area contributed by atoms with Crippen molar-refractivity contribution in [2.75, 3.05) is 18.1 Å². The minimum absolute atomic E-state index is 0.202. The van der Waals surface area contributed by atoms with Crippen LogP contribution in [0, 0.1) is 5.92 Å². The fraction of sp³-hybridized carbons (Fsp3) is 0.895. The second kappa shape index (κ2) is 11.7. The first kappa shape index (κ1) is 23.1. The summed E-state index contributed by atoms with van der Waals surface area (Å²) < 4.78 is 10.2. The molecule has 1 aliphatic carbocycles. The minimum atomic E-state index is -0.733. The number of hydrogen-bond donors (Lipinski definition) is 2. The zero-order valence-corrected chi connectivity index (χ0v) is 17.4. The van der Waals surface area contributed by atoms with E-state index in [1.54, 1.807) is 6.92 Å². The topological polar surface area (TPSA) is 84.9 Å². The number of nitrogens with one attached hydrogen (secondary N) is 1. The first-order valence-corrected chi connectivity index (χ1v) is 10.8. The minimum Gasteiger partial charge on any atom is -0.465 e. The number of rotatable bonds is 9. The lowest BCUT2D eigenvalue weighted by molar-refractivity contribution is -0.139. The van der Waals surface area contributed by atoms with Crippen LogP contribution in [0.5, 0.6) is 0 Å². The van der Waals surface area contributed by atoms with Crippen LogP contribution in [0.3, 0.4) is 0 Å². The fourth-order valence-electron chi connectivity index (χ4n) is 3.13. The molecule has 1 rings (SSSR count). The molecule has 0 spiro atoms. The molecule has 0 aromatic rings. The van der Waals surface area contributed by atoms with E-state index in [1.807, 2.05) is 20.8 Å². The van der Waals surface area contributed by atoms with E-state index in [1.165, 1.54) is 31.0 Å². The number of aliphatic hydroxyl groups is 1. The molecule has 26 heavy (non-hydrogen) atoms. The molecule has 152 valence electrons. The van der Waals surface area contributed by atoms with Gasteiger partial charge >= 0.3 is 12.1 Å². The molecule has 1 saturated carbocycles. The van der Waals surface area contributed by atoms with E-state index in [0.717, 1.165) is 19.3 Å². The quantitative estimate of drug-likeness (QED) is 0.587. The molecule has 0 radical (unpaired) electrons. The molecule has 1 aliphatic rings. The van der Waals surface area contributed by atoms with Crippen LogP contribution in [0.4, 0.5) is 4.79 Å². The van der Waals surface area contributed by atoms with Crippen molar-refractivity contribution in [1.29, 1.82) is 0 Å². The summed E-state index contributed by atoms with van der Waals surface area (Å²) in [5.41, 5.74) is -0.580. The average molecular weight is 390 g/mol. The Labute approximate surface area is 161 Å². The largest absolute Gasteiger partial charge is 0.465 e. The van der Waals surface area contributed by atoms with Crippen molar-refractivity contribution in [2.24, 2.45) is 5.92 Å². The van der Waals surface area contributed by atoms with Gasteiger partial charge in [-0.25, -0.2) is 4.79 Å². The summed E-state index contributed by atoms with van der Waals surface area (Å²) in [7, 11) is 0. The lowest BCUT2D eigenvalue weighted by Crippen LogP contribution is -2.47. The molecule has 7 heteroatoms. The maximum atomic E-state index is 12.2. The molecule has 0 unspecified atom stereocenters. The maximum Gasteiger partial charge on any atom is 0.407 e. The van der Waals surface area contributed by atoms with Crippen molar-refractivity contribution in [1.82, 2.24) is 5.32 Å². The van der Waals surface area contributed by atoms with Gasteiger partial charge in [-0.15, -0.1) is 11.8 Å². The van der Waals surface area contributed by atoms with Crippen molar-refractivity contribution >= 4 is 23.8 Å². The van der Waals surface area contributed by atoms with E-state index in [9.17, 15) is 14.7 Å². The van der Waals surface area contributed by atoms with Crippen molar-refractivity contribution in [3.05, 3.63) is 0 Å². The number of carbonyl (C=O) groups is 2. The molecule has 0 bridgehead atoms. The third-order valence-corrected chi connectivity index (χ3v) is 5.31. The highest BCUT2D eigenvalue weighted by Crippen LogP contribution is 2.28. The molecule has 0 aromatic heterocycles. The number of carbonyl (C=O) groups excluding carboxylic acids is 2. The molecule has 0 aliphatic heterocycles. The Morgan fingerprint density at radius 1 is 1.23 bits per heavy atom. The molecule has 2 N–H and O–H groups in total. The highest BCUT2D eigenvalue weighted by Gasteiger charge is 2.28. The highest BCUT2D eigenvalue weighted by atomic mass is 32.2. The maximum absolute atomic E-state index is 12.2. The Hall–Kier alpha value is -0.950. The fourth-order valence-corrected chi connectivity index (χ4v) is 3.98. The van der Waals surface area contributed by atoms with Gasteiger partial charge < -0.3 is 19.9 Å². The molecule has 6 nitrogen and oxygen atoms in total. The van der Waals surface area contributed by atoms with Crippen LogP contribution in [-0.2, 0) is 14.3 Å². The van der Waals surface area contributed by atoms with Crippen LogP contribution in [0.2, 0.25) is 0 Å². The van der Waals surface area contributed by atoms with Gasteiger partial charge in [0.05, 0.1) is 24.5 Å². The molecule has 1 amide bonds. The zero-order valence-electron chi connectivity index (χ0n) is 16.6. The second-order valence-corrected chi connectivity index (χ2v) is 8.91. The van der Waals surface area contributed by atoms with E-state index in [0.29, 0.717) is 18.3 Å². The van der Waals surface area contributed by atoms with Crippen LogP contribution in [0.25, 0.3) is 0 Å². The summed E-state index contributed by atoms with van der Waals surface area (Å²) in [6, 6.07) is -0.373. The van der Waals surface area contributed by atoms with E-state index >= 15 is 0 Å². The van der Waals surface area contributed by atoms with Crippen LogP contribution in [0.1, 0.15) is 66.2 Å². The number of esters is 1. The van der Waals surface area contributed by atoms with Crippen LogP contribution in [-0.4, -0.2) is 53.0 Å². The Morgan fingerprint density at radius 3 is 2.46 bits per heavy atom. The summed E-state index contributed by atoms with van der Waals surface area (Å²) in [5, 5.41) is 13.4. The summed E-state index contributed by atoms with van der Waals surface area (Å²) in [4.78, 5) is 23.6. The van der Waals surface area contributed by atoms with E-state index in [-0.39, 0.29) is 17.8 Å². The Balaban J connectivity index is 2.56. The number of thioether (sulfide) groups is 1. The number of hydrogen-bond acceptors (Lipinski definition) is 6. The molecular formula is C19H35NO5S. The first-order valence-electron chi connectivity index (χ1n) is 9.62. The number of ether oxygens (including phenoxy) is 2. The SMILES string of the molecule is CCOC(=O)CSC[C@H](O)[C@H](CC1CCCCC1)NC(=O)OC(C)(C)C. The Kier molecular flexibility index (Phi) is 10.4. The smallest absolute Gasteiger partial charge is 0.407 e. The normalized spacial score (nSPS) is 18.0. The Morgan fingerprint density at radius 2 is 1.88 bits per heavy atom. The van der Waals surface area contributed by atoms with Crippen LogP contribution >= 0.6 is 11.8 Å². The van der Waals surface area contributed by atoms with Gasteiger partial charge in [0.15, 0.2) is 0 Å².